The van der Waals surface area contributed by atoms with Gasteiger partial charge in [-0.2, -0.15) is 0 Å². The maximum Gasteiger partial charge on any atom is 0.255 e. The number of carbonyl (C=O) groups is 1. The van der Waals surface area contributed by atoms with Crippen molar-refractivity contribution < 1.29 is 4.79 Å². The van der Waals surface area contributed by atoms with Crippen LogP contribution in [0.25, 0.3) is 5.52 Å². The lowest BCUT2D eigenvalue weighted by Crippen LogP contribution is -2.32. The highest BCUT2D eigenvalue weighted by Crippen LogP contribution is 2.31. The van der Waals surface area contributed by atoms with E-state index < -0.39 is 0 Å². The Morgan fingerprint density at radius 2 is 2.23 bits per heavy atom. The van der Waals surface area contributed by atoms with Crippen molar-refractivity contribution in [3.05, 3.63) is 48.6 Å². The van der Waals surface area contributed by atoms with Crippen molar-refractivity contribution in [1.29, 1.82) is 0 Å². The Morgan fingerprint density at radius 3 is 3.05 bits per heavy atom. The van der Waals surface area contributed by atoms with Crippen LogP contribution in [0.15, 0.2) is 37.2 Å². The lowest BCUT2D eigenvalue weighted by Gasteiger charge is -2.24. The lowest BCUT2D eigenvalue weighted by molar-refractivity contribution is 0.0727. The molecule has 1 aliphatic rings. The van der Waals surface area contributed by atoms with Crippen LogP contribution in [0.2, 0.25) is 0 Å². The van der Waals surface area contributed by atoms with Crippen LogP contribution in [0.3, 0.4) is 0 Å². The van der Waals surface area contributed by atoms with Crippen molar-refractivity contribution in [3.63, 3.8) is 0 Å². The molecule has 1 amide bonds. The molecule has 4 rings (SSSR count). The van der Waals surface area contributed by atoms with E-state index in [9.17, 15) is 4.79 Å². The first-order chi connectivity index (χ1) is 10.7. The highest BCUT2D eigenvalue weighted by molar-refractivity contribution is 5.94. The van der Waals surface area contributed by atoms with Gasteiger partial charge in [0.15, 0.2) is 5.82 Å². The third-order valence-electron chi connectivity index (χ3n) is 4.21. The molecule has 1 aliphatic heterocycles. The molecule has 1 atom stereocenters. The smallest absolute Gasteiger partial charge is 0.255 e. The molecule has 0 aromatic carbocycles. The van der Waals surface area contributed by atoms with E-state index in [1.807, 2.05) is 39.2 Å². The molecule has 3 aromatic rings. The molecule has 0 spiro atoms. The molecule has 7 heteroatoms. The number of likely N-dealkylation sites (tertiary alicyclic amines) is 1. The molecule has 1 unspecified atom stereocenters. The SMILES string of the molecule is Cn1cnnc1C1CCCN1C(=O)c1ccc2cncn2c1. The molecule has 1 saturated heterocycles. The molecular formula is C15H16N6O. The number of aromatic nitrogens is 5. The number of amides is 1. The average Bonchev–Trinajstić information content (AvgIpc) is 3.25. The monoisotopic (exact) mass is 296 g/mol. The molecule has 0 saturated carbocycles. The Labute approximate surface area is 127 Å². The molecule has 0 radical (unpaired) electrons. The number of carbonyl (C=O) groups excluding carboxylic acids is 1. The van der Waals surface area contributed by atoms with E-state index in [0.717, 1.165) is 30.7 Å². The quantitative estimate of drug-likeness (QED) is 0.717. The molecule has 7 nitrogen and oxygen atoms in total. The fraction of sp³-hybridized carbons (Fsp3) is 0.333. The Hall–Kier alpha value is -2.70. The third kappa shape index (κ3) is 1.97. The van der Waals surface area contributed by atoms with E-state index in [0.29, 0.717) is 5.56 Å². The molecule has 0 N–H and O–H groups in total. The van der Waals surface area contributed by atoms with Crippen LogP contribution in [0.4, 0.5) is 0 Å². The maximum atomic E-state index is 12.9. The Balaban J connectivity index is 1.67. The number of aryl methyl sites for hydroxylation is 1. The number of fused-ring (bicyclic) bond motifs is 1. The number of rotatable bonds is 2. The van der Waals surface area contributed by atoms with Gasteiger partial charge in [-0.15, -0.1) is 10.2 Å². The van der Waals surface area contributed by atoms with Crippen LogP contribution in [-0.2, 0) is 7.05 Å². The average molecular weight is 296 g/mol. The first kappa shape index (κ1) is 13.0. The van der Waals surface area contributed by atoms with Gasteiger partial charge in [0, 0.05) is 19.8 Å². The number of nitrogens with zero attached hydrogens (tertiary/aromatic N) is 6. The fourth-order valence-electron chi connectivity index (χ4n) is 3.08. The van der Waals surface area contributed by atoms with Gasteiger partial charge >= 0.3 is 0 Å². The van der Waals surface area contributed by atoms with E-state index in [2.05, 4.69) is 15.2 Å². The number of imidazole rings is 1. The first-order valence-electron chi connectivity index (χ1n) is 7.30. The van der Waals surface area contributed by atoms with E-state index >= 15 is 0 Å². The number of hydrogen-bond acceptors (Lipinski definition) is 4. The zero-order chi connectivity index (χ0) is 15.1. The summed E-state index contributed by atoms with van der Waals surface area (Å²) < 4.78 is 3.75. The molecule has 1 fully saturated rings. The van der Waals surface area contributed by atoms with Gasteiger partial charge in [0.25, 0.3) is 5.91 Å². The van der Waals surface area contributed by atoms with Crippen LogP contribution in [0.1, 0.15) is 35.1 Å². The van der Waals surface area contributed by atoms with E-state index in [-0.39, 0.29) is 11.9 Å². The van der Waals surface area contributed by atoms with Crippen molar-refractivity contribution in [3.8, 4) is 0 Å². The molecule has 22 heavy (non-hydrogen) atoms. The highest BCUT2D eigenvalue weighted by atomic mass is 16.2. The minimum Gasteiger partial charge on any atom is -0.328 e. The van der Waals surface area contributed by atoms with Crippen LogP contribution in [0.5, 0.6) is 0 Å². The van der Waals surface area contributed by atoms with E-state index in [1.54, 1.807) is 18.9 Å². The van der Waals surface area contributed by atoms with Crippen molar-refractivity contribution in [2.45, 2.75) is 18.9 Å². The van der Waals surface area contributed by atoms with Gasteiger partial charge in [-0.1, -0.05) is 0 Å². The summed E-state index contributed by atoms with van der Waals surface area (Å²) >= 11 is 0. The summed E-state index contributed by atoms with van der Waals surface area (Å²) in [4.78, 5) is 18.8. The summed E-state index contributed by atoms with van der Waals surface area (Å²) in [5.41, 5.74) is 1.64. The number of pyridine rings is 1. The van der Waals surface area contributed by atoms with Gasteiger partial charge in [-0.25, -0.2) is 4.98 Å². The van der Waals surface area contributed by atoms with Crippen LogP contribution < -0.4 is 0 Å². The predicted molar refractivity (Wildman–Crippen MR) is 79.2 cm³/mol. The normalized spacial score (nSPS) is 18.2. The van der Waals surface area contributed by atoms with E-state index in [1.165, 1.54) is 0 Å². The second-order valence-corrected chi connectivity index (χ2v) is 5.60. The Bertz CT molecular complexity index is 835. The van der Waals surface area contributed by atoms with Crippen molar-refractivity contribution in [2.75, 3.05) is 6.54 Å². The van der Waals surface area contributed by atoms with Gasteiger partial charge in [0.05, 0.1) is 29.6 Å². The minimum atomic E-state index is -0.00140. The van der Waals surface area contributed by atoms with Gasteiger partial charge in [0.1, 0.15) is 6.33 Å². The van der Waals surface area contributed by atoms with Crippen molar-refractivity contribution in [1.82, 2.24) is 29.0 Å². The van der Waals surface area contributed by atoms with Crippen LogP contribution >= 0.6 is 0 Å². The second kappa shape index (κ2) is 4.94. The molecule has 0 bridgehead atoms. The molecule has 0 aliphatic carbocycles. The summed E-state index contributed by atoms with van der Waals surface area (Å²) in [7, 11) is 1.91. The molecule has 4 heterocycles. The zero-order valence-electron chi connectivity index (χ0n) is 12.3. The third-order valence-corrected chi connectivity index (χ3v) is 4.21. The van der Waals surface area contributed by atoms with Crippen LogP contribution in [-0.4, -0.2) is 41.5 Å². The minimum absolute atomic E-state index is 0.00140. The van der Waals surface area contributed by atoms with Gasteiger partial charge in [0.2, 0.25) is 0 Å². The molecular weight excluding hydrogens is 280 g/mol. The highest BCUT2D eigenvalue weighted by Gasteiger charge is 2.33. The summed E-state index contributed by atoms with van der Waals surface area (Å²) in [5, 5.41) is 8.10. The second-order valence-electron chi connectivity index (χ2n) is 5.60. The summed E-state index contributed by atoms with van der Waals surface area (Å²) in [6.45, 7) is 0.748. The predicted octanol–water partition coefficient (Wildman–Crippen LogP) is 1.44. The number of hydrogen-bond donors (Lipinski definition) is 0. The molecule has 3 aromatic heterocycles. The van der Waals surface area contributed by atoms with Crippen molar-refractivity contribution in [2.24, 2.45) is 7.05 Å². The van der Waals surface area contributed by atoms with Gasteiger partial charge < -0.3 is 13.9 Å². The maximum absolute atomic E-state index is 12.9. The van der Waals surface area contributed by atoms with Crippen molar-refractivity contribution >= 4 is 11.4 Å². The Kier molecular flexibility index (Phi) is 2.92. The summed E-state index contributed by atoms with van der Waals surface area (Å²) in [5.74, 6) is 0.871. The standard InChI is InChI=1S/C15H16N6O/c1-19-10-17-18-14(19)13-3-2-6-21(13)15(22)11-4-5-12-7-16-9-20(12)8-11/h4-5,7-10,13H,2-3,6H2,1H3. The topological polar surface area (TPSA) is 68.3 Å². The summed E-state index contributed by atoms with van der Waals surface area (Å²) in [6.07, 6.45) is 8.88. The largest absolute Gasteiger partial charge is 0.328 e. The Morgan fingerprint density at radius 1 is 1.32 bits per heavy atom. The fourth-order valence-corrected chi connectivity index (χ4v) is 3.08. The lowest BCUT2D eigenvalue weighted by atomic mass is 10.2. The van der Waals surface area contributed by atoms with Crippen LogP contribution in [0, 0.1) is 0 Å². The van der Waals surface area contributed by atoms with Gasteiger partial charge in [-0.05, 0) is 25.0 Å². The van der Waals surface area contributed by atoms with E-state index in [4.69, 9.17) is 0 Å². The zero-order valence-corrected chi connectivity index (χ0v) is 12.3. The first-order valence-corrected chi connectivity index (χ1v) is 7.30. The molecule has 112 valence electrons. The van der Waals surface area contributed by atoms with Gasteiger partial charge in [-0.3, -0.25) is 4.79 Å². The summed E-state index contributed by atoms with van der Waals surface area (Å²) in [6, 6.07) is 3.76.